The molecule has 2 N–H and O–H groups in total. The number of aliphatic hydroxyl groups excluding tert-OH is 1. The van der Waals surface area contributed by atoms with Gasteiger partial charge in [-0.25, -0.2) is 0 Å². The van der Waals surface area contributed by atoms with Crippen LogP contribution < -0.4 is 5.32 Å². The summed E-state index contributed by atoms with van der Waals surface area (Å²) in [5.41, 5.74) is 0. The molecule has 3 heteroatoms. The highest BCUT2D eigenvalue weighted by Gasteiger charge is 2.40. The molecule has 0 aromatic carbocycles. The Hall–Kier alpha value is -0.800. The Bertz CT molecular complexity index is 378. The van der Waals surface area contributed by atoms with Crippen molar-refractivity contribution in [3.63, 3.8) is 0 Å². The van der Waals surface area contributed by atoms with E-state index in [1.54, 1.807) is 0 Å². The Balaban J connectivity index is 1.97. The van der Waals surface area contributed by atoms with Gasteiger partial charge in [-0.05, 0) is 32.6 Å². The Morgan fingerprint density at radius 2 is 1.56 bits per heavy atom. The van der Waals surface area contributed by atoms with Crippen LogP contribution in [0, 0.1) is 0 Å². The van der Waals surface area contributed by atoms with Crippen LogP contribution in [0.4, 0.5) is 0 Å². The van der Waals surface area contributed by atoms with Gasteiger partial charge in [0.1, 0.15) is 6.20 Å². The van der Waals surface area contributed by atoms with Crippen LogP contribution in [0.5, 0.6) is 0 Å². The third-order valence-corrected chi connectivity index (χ3v) is 5.68. The third-order valence-electron chi connectivity index (χ3n) is 5.68. The summed E-state index contributed by atoms with van der Waals surface area (Å²) in [5, 5.41) is 13.6. The lowest BCUT2D eigenvalue weighted by Gasteiger charge is -2.39. The molecule has 0 saturated heterocycles. The summed E-state index contributed by atoms with van der Waals surface area (Å²) in [5.74, 6) is 0. The quantitative estimate of drug-likeness (QED) is 0.221. The first-order valence-electron chi connectivity index (χ1n) is 10.8. The maximum absolute atomic E-state index is 10.2. The Morgan fingerprint density at radius 3 is 2.16 bits per heavy atom. The summed E-state index contributed by atoms with van der Waals surface area (Å²) in [6.45, 7) is 7.25. The zero-order valence-corrected chi connectivity index (χ0v) is 17.1. The van der Waals surface area contributed by atoms with E-state index in [4.69, 9.17) is 0 Å². The largest absolute Gasteiger partial charge is 0.345 e. The molecule has 1 aliphatic rings. The fourth-order valence-electron chi connectivity index (χ4n) is 3.90. The normalized spacial score (nSPS) is 24.1. The van der Waals surface area contributed by atoms with Gasteiger partial charge < -0.3 is 10.4 Å². The van der Waals surface area contributed by atoms with Gasteiger partial charge in [0.2, 0.25) is 0 Å². The average molecular weight is 352 g/mol. The van der Waals surface area contributed by atoms with Crippen molar-refractivity contribution in [1.29, 1.82) is 0 Å². The highest BCUT2D eigenvalue weighted by Crippen LogP contribution is 2.25. The average Bonchev–Trinajstić information content (AvgIpc) is 3.03. The van der Waals surface area contributed by atoms with Crippen molar-refractivity contribution in [3.8, 4) is 0 Å². The SMILES string of the molecule is CCC/C=C/CCCCCCCCCCC1NC=C[N+]1(CC)C(C)O. The van der Waals surface area contributed by atoms with Gasteiger partial charge in [0, 0.05) is 13.3 Å². The van der Waals surface area contributed by atoms with Crippen LogP contribution in [0.25, 0.3) is 0 Å². The van der Waals surface area contributed by atoms with Gasteiger partial charge in [-0.15, -0.1) is 0 Å². The van der Waals surface area contributed by atoms with Crippen LogP contribution in [0.15, 0.2) is 24.6 Å². The van der Waals surface area contributed by atoms with E-state index in [1.807, 2.05) is 13.1 Å². The van der Waals surface area contributed by atoms with Crippen LogP contribution in [-0.2, 0) is 0 Å². The van der Waals surface area contributed by atoms with Gasteiger partial charge in [-0.1, -0.05) is 64.0 Å². The van der Waals surface area contributed by atoms with E-state index in [9.17, 15) is 5.11 Å². The highest BCUT2D eigenvalue weighted by molar-refractivity contribution is 4.84. The molecule has 1 rings (SSSR count). The van der Waals surface area contributed by atoms with Gasteiger partial charge >= 0.3 is 0 Å². The molecule has 0 aromatic heterocycles. The molecule has 0 spiro atoms. The Morgan fingerprint density at radius 1 is 0.960 bits per heavy atom. The van der Waals surface area contributed by atoms with Crippen molar-refractivity contribution in [1.82, 2.24) is 5.32 Å². The van der Waals surface area contributed by atoms with Gasteiger partial charge in [-0.3, -0.25) is 4.48 Å². The summed E-state index contributed by atoms with van der Waals surface area (Å²) in [4.78, 5) is 0. The van der Waals surface area contributed by atoms with Gasteiger partial charge in [0.05, 0.1) is 12.7 Å². The van der Waals surface area contributed by atoms with E-state index in [2.05, 4.69) is 37.5 Å². The molecule has 25 heavy (non-hydrogen) atoms. The van der Waals surface area contributed by atoms with Crippen molar-refractivity contribution in [2.75, 3.05) is 6.54 Å². The molecule has 1 heterocycles. The molecule has 0 fully saturated rings. The first-order chi connectivity index (χ1) is 12.2. The summed E-state index contributed by atoms with van der Waals surface area (Å²) in [6, 6.07) is 0. The summed E-state index contributed by atoms with van der Waals surface area (Å²) >= 11 is 0. The molecule has 3 unspecified atom stereocenters. The lowest BCUT2D eigenvalue weighted by Crippen LogP contribution is -2.57. The monoisotopic (exact) mass is 351 g/mol. The number of rotatable bonds is 15. The topological polar surface area (TPSA) is 32.3 Å². The van der Waals surface area contributed by atoms with E-state index in [-0.39, 0.29) is 6.23 Å². The molecule has 0 aromatic rings. The first-order valence-corrected chi connectivity index (χ1v) is 10.8. The number of quaternary nitrogens is 1. The predicted molar refractivity (Wildman–Crippen MR) is 109 cm³/mol. The summed E-state index contributed by atoms with van der Waals surface area (Å²) in [7, 11) is 0. The van der Waals surface area contributed by atoms with Crippen molar-refractivity contribution in [3.05, 3.63) is 24.6 Å². The van der Waals surface area contributed by atoms with Crippen LogP contribution in [0.1, 0.15) is 97.8 Å². The van der Waals surface area contributed by atoms with E-state index < -0.39 is 0 Å². The maximum atomic E-state index is 10.2. The van der Waals surface area contributed by atoms with Crippen molar-refractivity contribution in [2.45, 2.75) is 110 Å². The van der Waals surface area contributed by atoms with Gasteiger partial charge in [-0.2, -0.15) is 0 Å². The lowest BCUT2D eigenvalue weighted by atomic mass is 10.0. The Kier molecular flexibility index (Phi) is 11.9. The van der Waals surface area contributed by atoms with Crippen molar-refractivity contribution >= 4 is 0 Å². The van der Waals surface area contributed by atoms with E-state index in [0.717, 1.165) is 13.0 Å². The number of nitrogens with one attached hydrogen (secondary N) is 1. The third kappa shape index (κ3) is 7.96. The molecule has 0 aliphatic carbocycles. The number of aliphatic hydroxyl groups is 1. The first kappa shape index (κ1) is 22.2. The zero-order chi connectivity index (χ0) is 18.4. The number of hydrogen-bond donors (Lipinski definition) is 2. The van der Waals surface area contributed by atoms with E-state index in [0.29, 0.717) is 10.6 Å². The molecule has 3 nitrogen and oxygen atoms in total. The minimum atomic E-state index is -0.335. The molecule has 0 saturated carbocycles. The minimum Gasteiger partial charge on any atom is -0.345 e. The maximum Gasteiger partial charge on any atom is 0.193 e. The number of hydrogen-bond acceptors (Lipinski definition) is 2. The molecule has 1 aliphatic heterocycles. The molecule has 0 radical (unpaired) electrons. The van der Waals surface area contributed by atoms with Gasteiger partial charge in [0.25, 0.3) is 0 Å². The number of unbranched alkanes of at least 4 members (excludes halogenated alkanes) is 9. The van der Waals surface area contributed by atoms with Gasteiger partial charge in [0.15, 0.2) is 12.4 Å². The highest BCUT2D eigenvalue weighted by atomic mass is 16.3. The standard InChI is InChI=1S/C22H43N2O/c1-4-6-7-8-9-10-11-12-13-14-15-16-17-18-22-23-19-20-24(22,5-2)21(3)25/h7-8,19-23,25H,4-6,9-18H2,1-3H3/q+1/b8-7+. The summed E-state index contributed by atoms with van der Waals surface area (Å²) < 4.78 is 0.673. The smallest absolute Gasteiger partial charge is 0.193 e. The predicted octanol–water partition coefficient (Wildman–Crippen LogP) is 5.82. The van der Waals surface area contributed by atoms with Crippen LogP contribution in [0.2, 0.25) is 0 Å². The number of nitrogens with zero attached hydrogens (tertiary/aromatic N) is 1. The molecule has 0 amide bonds. The number of allylic oxidation sites excluding steroid dienone is 2. The molecule has 146 valence electrons. The minimum absolute atomic E-state index is 0.335. The molecular weight excluding hydrogens is 308 g/mol. The van der Waals surface area contributed by atoms with Crippen molar-refractivity contribution < 1.29 is 9.59 Å². The molecular formula is C22H43N2O+. The molecule has 3 atom stereocenters. The molecule has 0 bridgehead atoms. The van der Waals surface area contributed by atoms with Crippen LogP contribution in [-0.4, -0.2) is 28.5 Å². The van der Waals surface area contributed by atoms with Crippen molar-refractivity contribution in [2.24, 2.45) is 0 Å². The Labute approximate surface area is 156 Å². The summed E-state index contributed by atoms with van der Waals surface area (Å²) in [6.07, 6.45) is 24.6. The van der Waals surface area contributed by atoms with E-state index >= 15 is 0 Å². The lowest BCUT2D eigenvalue weighted by molar-refractivity contribution is -0.942. The second-order valence-corrected chi connectivity index (χ2v) is 7.61. The fourth-order valence-corrected chi connectivity index (χ4v) is 3.90. The van der Waals surface area contributed by atoms with E-state index in [1.165, 1.54) is 70.6 Å². The van der Waals surface area contributed by atoms with Crippen LogP contribution in [0.3, 0.4) is 0 Å². The second kappa shape index (κ2) is 13.4. The van der Waals surface area contributed by atoms with Crippen LogP contribution >= 0.6 is 0 Å². The zero-order valence-electron chi connectivity index (χ0n) is 17.1. The second-order valence-electron chi connectivity index (χ2n) is 7.61. The fraction of sp³-hybridized carbons (Fsp3) is 0.818.